The minimum Gasteiger partial charge on any atom is -0.733 e. The second-order valence-corrected chi connectivity index (χ2v) is 6.40. The van der Waals surface area contributed by atoms with Gasteiger partial charge in [-0.3, -0.25) is 10.6 Å². The average molecular weight is 376 g/mol. The first-order valence-corrected chi connectivity index (χ1v) is 8.96. The Bertz CT molecular complexity index is 882. The summed E-state index contributed by atoms with van der Waals surface area (Å²) in [7, 11) is 0. The molecule has 0 spiro atoms. The minimum atomic E-state index is -0.746. The van der Waals surface area contributed by atoms with Gasteiger partial charge in [0.15, 0.2) is 0 Å². The summed E-state index contributed by atoms with van der Waals surface area (Å²) < 4.78 is 0. The zero-order valence-electron chi connectivity index (χ0n) is 15.3. The molecule has 0 heterocycles. The van der Waals surface area contributed by atoms with Gasteiger partial charge in [0.25, 0.3) is 0 Å². The number of nitrogens with one attached hydrogen (secondary N) is 1. The molecule has 0 bridgehead atoms. The Labute approximate surface area is 163 Å². The van der Waals surface area contributed by atoms with Crippen molar-refractivity contribution in [2.75, 3.05) is 10.7 Å². The van der Waals surface area contributed by atoms with Crippen LogP contribution in [0.3, 0.4) is 0 Å². The van der Waals surface area contributed by atoms with Gasteiger partial charge in [-0.25, -0.2) is 0 Å². The van der Waals surface area contributed by atoms with E-state index in [4.69, 9.17) is 5.21 Å². The third-order valence-electron chi connectivity index (χ3n) is 4.30. The second-order valence-electron chi connectivity index (χ2n) is 6.40. The van der Waals surface area contributed by atoms with Gasteiger partial charge >= 0.3 is 0 Å². The molecule has 0 aliphatic heterocycles. The Kier molecular flexibility index (Phi) is 6.75. The highest BCUT2D eigenvalue weighted by Gasteiger charge is 2.15. The predicted molar refractivity (Wildman–Crippen MR) is 111 cm³/mol. The maximum atomic E-state index is 10.9. The van der Waals surface area contributed by atoms with Crippen molar-refractivity contribution >= 4 is 17.1 Å². The van der Waals surface area contributed by atoms with Crippen LogP contribution in [-0.4, -0.2) is 22.1 Å². The average Bonchev–Trinajstić information content (AvgIpc) is 2.73. The van der Waals surface area contributed by atoms with Gasteiger partial charge in [-0.1, -0.05) is 60.7 Å². The van der Waals surface area contributed by atoms with Crippen molar-refractivity contribution < 1.29 is 10.3 Å². The molecule has 3 aromatic rings. The first-order chi connectivity index (χ1) is 13.6. The number of benzene rings is 3. The Hall–Kier alpha value is -3.19. The van der Waals surface area contributed by atoms with Crippen molar-refractivity contribution in [1.29, 1.82) is 0 Å². The molecule has 0 aromatic heterocycles. The smallest absolute Gasteiger partial charge is 0.0982 e. The lowest BCUT2D eigenvalue weighted by Gasteiger charge is -2.21. The SMILES string of the molecule is [O-]N(O)c1ccc(NN=C(Cc2ccccc2)[C@@H](O)Cc2ccccc2)cc1. The Morgan fingerprint density at radius 1 is 0.893 bits per heavy atom. The van der Waals surface area contributed by atoms with Gasteiger partial charge in [0.1, 0.15) is 0 Å². The van der Waals surface area contributed by atoms with Crippen LogP contribution in [0.2, 0.25) is 0 Å². The molecule has 0 saturated heterocycles. The van der Waals surface area contributed by atoms with Crippen molar-refractivity contribution in [3.63, 3.8) is 0 Å². The van der Waals surface area contributed by atoms with E-state index >= 15 is 0 Å². The van der Waals surface area contributed by atoms with Gasteiger partial charge in [0.2, 0.25) is 0 Å². The van der Waals surface area contributed by atoms with Crippen LogP contribution in [0, 0.1) is 5.21 Å². The highest BCUT2D eigenvalue weighted by Crippen LogP contribution is 2.16. The van der Waals surface area contributed by atoms with Crippen molar-refractivity contribution in [2.45, 2.75) is 18.9 Å². The fourth-order valence-electron chi connectivity index (χ4n) is 2.79. The lowest BCUT2D eigenvalue weighted by molar-refractivity contribution is 0.240. The van der Waals surface area contributed by atoms with E-state index in [1.165, 1.54) is 12.1 Å². The molecule has 28 heavy (non-hydrogen) atoms. The molecule has 6 heteroatoms. The van der Waals surface area contributed by atoms with Gasteiger partial charge < -0.3 is 15.5 Å². The molecule has 144 valence electrons. The van der Waals surface area contributed by atoms with Crippen LogP contribution in [0.15, 0.2) is 90.0 Å². The van der Waals surface area contributed by atoms with Crippen molar-refractivity contribution in [3.05, 3.63) is 101 Å². The lowest BCUT2D eigenvalue weighted by Crippen LogP contribution is -2.26. The van der Waals surface area contributed by atoms with E-state index in [1.807, 2.05) is 60.7 Å². The molecule has 1 atom stereocenters. The van der Waals surface area contributed by atoms with E-state index in [0.29, 0.717) is 24.2 Å². The van der Waals surface area contributed by atoms with Crippen LogP contribution >= 0.6 is 0 Å². The third-order valence-corrected chi connectivity index (χ3v) is 4.30. The summed E-state index contributed by atoms with van der Waals surface area (Å²) in [6, 6.07) is 25.8. The fourth-order valence-corrected chi connectivity index (χ4v) is 2.79. The predicted octanol–water partition coefficient (Wildman–Crippen LogP) is 3.99. The number of rotatable bonds is 8. The Morgan fingerprint density at radius 3 is 2.04 bits per heavy atom. The van der Waals surface area contributed by atoms with E-state index in [0.717, 1.165) is 11.1 Å². The zero-order chi connectivity index (χ0) is 19.8. The van der Waals surface area contributed by atoms with Crippen LogP contribution in [-0.2, 0) is 12.8 Å². The van der Waals surface area contributed by atoms with Crippen LogP contribution in [0.4, 0.5) is 11.4 Å². The molecular formula is C22H22N3O3-. The summed E-state index contributed by atoms with van der Waals surface area (Å²) in [4.78, 5) is 0. The van der Waals surface area contributed by atoms with E-state index in [-0.39, 0.29) is 10.9 Å². The van der Waals surface area contributed by atoms with Crippen LogP contribution in [0.1, 0.15) is 11.1 Å². The van der Waals surface area contributed by atoms with Crippen molar-refractivity contribution in [1.82, 2.24) is 0 Å². The van der Waals surface area contributed by atoms with E-state index in [2.05, 4.69) is 10.5 Å². The van der Waals surface area contributed by atoms with Crippen molar-refractivity contribution in [3.8, 4) is 0 Å². The van der Waals surface area contributed by atoms with Gasteiger partial charge in [0, 0.05) is 12.8 Å². The van der Waals surface area contributed by atoms with E-state index in [1.54, 1.807) is 12.1 Å². The van der Waals surface area contributed by atoms with Gasteiger partial charge in [-0.2, -0.15) is 5.10 Å². The molecule has 3 N–H and O–H groups in total. The molecule has 0 fully saturated rings. The number of hydrogen-bond donors (Lipinski definition) is 3. The van der Waals surface area contributed by atoms with Gasteiger partial charge in [-0.15, -0.1) is 0 Å². The first-order valence-electron chi connectivity index (χ1n) is 8.96. The van der Waals surface area contributed by atoms with E-state index < -0.39 is 6.10 Å². The van der Waals surface area contributed by atoms with Crippen molar-refractivity contribution in [2.24, 2.45) is 5.10 Å². The number of hydrazone groups is 1. The highest BCUT2D eigenvalue weighted by molar-refractivity contribution is 5.91. The second kappa shape index (κ2) is 9.66. The summed E-state index contributed by atoms with van der Waals surface area (Å²) in [5.41, 5.74) is 6.37. The molecule has 0 aliphatic rings. The summed E-state index contributed by atoms with van der Waals surface area (Å²) in [5, 5.41) is 34.8. The zero-order valence-corrected chi connectivity index (χ0v) is 15.3. The summed E-state index contributed by atoms with van der Waals surface area (Å²) in [6.45, 7) is 0. The third kappa shape index (κ3) is 5.65. The minimum absolute atomic E-state index is 0.128. The number of aliphatic hydroxyl groups excluding tert-OH is 1. The molecular weight excluding hydrogens is 354 g/mol. The molecule has 0 aliphatic carbocycles. The summed E-state index contributed by atoms with van der Waals surface area (Å²) in [5.74, 6) is 0. The van der Waals surface area contributed by atoms with E-state index in [9.17, 15) is 10.3 Å². The van der Waals surface area contributed by atoms with Crippen LogP contribution in [0.25, 0.3) is 0 Å². The highest BCUT2D eigenvalue weighted by atomic mass is 16.8. The molecule has 3 aromatic carbocycles. The Morgan fingerprint density at radius 2 is 1.46 bits per heavy atom. The monoisotopic (exact) mass is 376 g/mol. The maximum Gasteiger partial charge on any atom is 0.0982 e. The fraction of sp³-hybridized carbons (Fsp3) is 0.136. The molecule has 0 amide bonds. The van der Waals surface area contributed by atoms with Gasteiger partial charge in [-0.05, 0) is 35.4 Å². The summed E-state index contributed by atoms with van der Waals surface area (Å²) in [6.07, 6.45) is 0.220. The number of nitrogens with zero attached hydrogens (tertiary/aromatic N) is 2. The number of aliphatic hydroxyl groups is 1. The number of anilines is 2. The molecule has 6 nitrogen and oxygen atoms in total. The largest absolute Gasteiger partial charge is 0.733 e. The topological polar surface area (TPSA) is 91.2 Å². The molecule has 3 rings (SSSR count). The standard InChI is InChI=1S/C22H22N3O3/c26-22(16-18-9-5-2-6-10-18)21(15-17-7-3-1-4-8-17)24-23-19-11-13-20(14-12-19)25(27)28/h1-14,22-23,26-27H,15-16H2/q-1/t22-/m0/s1. The summed E-state index contributed by atoms with van der Waals surface area (Å²) >= 11 is 0. The van der Waals surface area contributed by atoms with Gasteiger partial charge in [0.05, 0.1) is 23.2 Å². The molecule has 0 saturated carbocycles. The lowest BCUT2D eigenvalue weighted by atomic mass is 9.99. The molecule has 0 unspecified atom stereocenters. The van der Waals surface area contributed by atoms with Crippen LogP contribution < -0.4 is 10.7 Å². The molecule has 0 radical (unpaired) electrons. The first kappa shape index (κ1) is 19.6. The Balaban J connectivity index is 1.77. The number of hydrogen-bond acceptors (Lipinski definition) is 6. The quantitative estimate of drug-likeness (QED) is 0.408. The maximum absolute atomic E-state index is 10.9. The van der Waals surface area contributed by atoms with Crippen LogP contribution in [0.5, 0.6) is 0 Å². The normalized spacial score (nSPS) is 12.5.